The molecule has 0 aliphatic rings. The molecule has 1 amide bonds. The molecule has 0 aromatic heterocycles. The maximum Gasteiger partial charge on any atom is 0.422 e. The van der Waals surface area contributed by atoms with E-state index in [1.54, 1.807) is 30.3 Å². The number of ether oxygens (including phenoxy) is 1. The van der Waals surface area contributed by atoms with Gasteiger partial charge in [0.05, 0.1) is 5.56 Å². The molecule has 0 unspecified atom stereocenters. The maximum atomic E-state index is 12.2. The average Bonchev–Trinajstić information content (AvgIpc) is 2.34. The van der Waals surface area contributed by atoms with Crippen molar-refractivity contribution in [2.75, 3.05) is 6.61 Å². The van der Waals surface area contributed by atoms with Crippen LogP contribution in [0.5, 0.6) is 5.75 Å². The number of alkyl halides is 3. The summed E-state index contributed by atoms with van der Waals surface area (Å²) in [5.74, 6) is -0.967. The van der Waals surface area contributed by atoms with E-state index in [-0.39, 0.29) is 11.3 Å². The van der Waals surface area contributed by atoms with Crippen LogP contribution in [0.15, 0.2) is 36.4 Å². The predicted octanol–water partition coefficient (Wildman–Crippen LogP) is 2.88. The van der Waals surface area contributed by atoms with Gasteiger partial charge in [0.2, 0.25) is 0 Å². The second kappa shape index (κ2) is 4.79. The lowest BCUT2D eigenvalue weighted by Gasteiger charge is -2.14. The lowest BCUT2D eigenvalue weighted by molar-refractivity contribution is -0.153. The van der Waals surface area contributed by atoms with Crippen LogP contribution < -0.4 is 10.5 Å². The zero-order valence-corrected chi connectivity index (χ0v) is 9.70. The highest BCUT2D eigenvalue weighted by atomic mass is 19.4. The summed E-state index contributed by atoms with van der Waals surface area (Å²) < 4.78 is 41.4. The zero-order chi connectivity index (χ0) is 14.0. The third kappa shape index (κ3) is 2.96. The second-order valence-electron chi connectivity index (χ2n) is 3.93. The van der Waals surface area contributed by atoms with Crippen molar-refractivity contribution in [2.45, 2.75) is 6.18 Å². The largest absolute Gasteiger partial charge is 0.483 e. The van der Waals surface area contributed by atoms with Gasteiger partial charge in [0.15, 0.2) is 6.61 Å². The van der Waals surface area contributed by atoms with Crippen LogP contribution in [0.4, 0.5) is 13.2 Å². The fourth-order valence-corrected chi connectivity index (χ4v) is 1.75. The van der Waals surface area contributed by atoms with Gasteiger partial charge in [0.25, 0.3) is 5.91 Å². The Morgan fingerprint density at radius 3 is 2.47 bits per heavy atom. The van der Waals surface area contributed by atoms with Crippen molar-refractivity contribution in [2.24, 2.45) is 5.73 Å². The Balaban J connectivity index is 2.53. The highest BCUT2D eigenvalue weighted by molar-refractivity contribution is 6.03. The zero-order valence-electron chi connectivity index (χ0n) is 9.70. The van der Waals surface area contributed by atoms with E-state index in [1.807, 2.05) is 0 Å². The minimum atomic E-state index is -4.48. The van der Waals surface area contributed by atoms with Crippen LogP contribution in [0.25, 0.3) is 10.8 Å². The molecule has 2 N–H and O–H groups in total. The summed E-state index contributed by atoms with van der Waals surface area (Å²) in [6.45, 7) is -1.47. The number of nitrogens with two attached hydrogens (primary N) is 1. The number of primary amides is 1. The number of carbonyl (C=O) groups is 1. The lowest BCUT2D eigenvalue weighted by Crippen LogP contribution is -2.21. The molecule has 0 saturated carbocycles. The molecule has 0 radical (unpaired) electrons. The van der Waals surface area contributed by atoms with Crippen molar-refractivity contribution in [1.82, 2.24) is 0 Å². The van der Waals surface area contributed by atoms with E-state index in [1.165, 1.54) is 6.07 Å². The Labute approximate surface area is 106 Å². The van der Waals surface area contributed by atoms with Crippen molar-refractivity contribution >= 4 is 16.7 Å². The first kappa shape index (κ1) is 13.2. The summed E-state index contributed by atoms with van der Waals surface area (Å²) in [7, 11) is 0. The Morgan fingerprint density at radius 2 is 1.84 bits per heavy atom. The van der Waals surface area contributed by atoms with E-state index in [2.05, 4.69) is 0 Å². The van der Waals surface area contributed by atoms with E-state index in [0.29, 0.717) is 10.8 Å². The monoisotopic (exact) mass is 269 g/mol. The van der Waals surface area contributed by atoms with E-state index in [0.717, 1.165) is 0 Å². The van der Waals surface area contributed by atoms with Crippen molar-refractivity contribution < 1.29 is 22.7 Å². The second-order valence-corrected chi connectivity index (χ2v) is 3.93. The van der Waals surface area contributed by atoms with Crippen LogP contribution >= 0.6 is 0 Å². The van der Waals surface area contributed by atoms with Crippen LogP contribution in [0.3, 0.4) is 0 Å². The third-order valence-corrected chi connectivity index (χ3v) is 2.53. The summed E-state index contributed by atoms with van der Waals surface area (Å²) in [4.78, 5) is 11.3. The molecule has 0 spiro atoms. The number of rotatable bonds is 3. The highest BCUT2D eigenvalue weighted by Gasteiger charge is 2.29. The van der Waals surface area contributed by atoms with Gasteiger partial charge in [-0.3, -0.25) is 4.79 Å². The molecule has 0 bridgehead atoms. The van der Waals surface area contributed by atoms with Crippen LogP contribution in [-0.2, 0) is 0 Å². The molecule has 3 nitrogen and oxygen atoms in total. The molecule has 0 saturated heterocycles. The number of halogens is 3. The quantitative estimate of drug-likeness (QED) is 0.931. The van der Waals surface area contributed by atoms with Crippen LogP contribution in [0.2, 0.25) is 0 Å². The molecule has 0 heterocycles. The summed E-state index contributed by atoms with van der Waals surface area (Å²) >= 11 is 0. The molecule has 6 heteroatoms. The summed E-state index contributed by atoms with van der Waals surface area (Å²) in [6.07, 6.45) is -4.48. The fraction of sp³-hybridized carbons (Fsp3) is 0.154. The molecule has 19 heavy (non-hydrogen) atoms. The van der Waals surface area contributed by atoms with Crippen molar-refractivity contribution in [1.29, 1.82) is 0 Å². The molecule has 0 aliphatic heterocycles. The standard InChI is InChI=1S/C13H10F3NO2/c14-13(15,16)7-19-11-9-4-2-1-3-8(9)5-6-10(11)12(17)18/h1-6H,7H2,(H2,17,18). The van der Waals surface area contributed by atoms with Gasteiger partial charge >= 0.3 is 6.18 Å². The molecule has 2 aromatic carbocycles. The van der Waals surface area contributed by atoms with Crippen molar-refractivity contribution in [3.63, 3.8) is 0 Å². The van der Waals surface area contributed by atoms with E-state index in [4.69, 9.17) is 10.5 Å². The number of hydrogen-bond donors (Lipinski definition) is 1. The van der Waals surface area contributed by atoms with Gasteiger partial charge in [-0.05, 0) is 11.5 Å². The fourth-order valence-electron chi connectivity index (χ4n) is 1.75. The number of carbonyl (C=O) groups excluding carboxylic acids is 1. The number of amides is 1. The maximum absolute atomic E-state index is 12.2. The Morgan fingerprint density at radius 1 is 1.16 bits per heavy atom. The van der Waals surface area contributed by atoms with Gasteiger partial charge < -0.3 is 10.5 Å². The van der Waals surface area contributed by atoms with Crippen LogP contribution in [-0.4, -0.2) is 18.7 Å². The number of hydrogen-bond acceptors (Lipinski definition) is 2. The smallest absolute Gasteiger partial charge is 0.422 e. The Kier molecular flexibility index (Phi) is 3.33. The highest BCUT2D eigenvalue weighted by Crippen LogP contribution is 2.31. The first-order chi connectivity index (χ1) is 8.88. The minimum absolute atomic E-state index is 0.0667. The van der Waals surface area contributed by atoms with Crippen molar-refractivity contribution in [3.8, 4) is 5.75 Å². The molecule has 0 atom stereocenters. The Bertz CT molecular complexity index is 623. The third-order valence-electron chi connectivity index (χ3n) is 2.53. The summed E-state index contributed by atoms with van der Waals surface area (Å²) in [5.41, 5.74) is 5.08. The predicted molar refractivity (Wildman–Crippen MR) is 64.0 cm³/mol. The van der Waals surface area contributed by atoms with Gasteiger partial charge in [-0.15, -0.1) is 0 Å². The average molecular weight is 269 g/mol. The molecular weight excluding hydrogens is 259 g/mol. The normalized spacial score (nSPS) is 11.5. The lowest BCUT2D eigenvalue weighted by atomic mass is 10.0. The number of benzene rings is 2. The number of fused-ring (bicyclic) bond motifs is 1. The molecule has 2 rings (SSSR count). The van der Waals surface area contributed by atoms with Crippen LogP contribution in [0.1, 0.15) is 10.4 Å². The summed E-state index contributed by atoms with van der Waals surface area (Å²) in [5, 5.41) is 1.09. The van der Waals surface area contributed by atoms with Gasteiger partial charge in [-0.2, -0.15) is 13.2 Å². The van der Waals surface area contributed by atoms with Gasteiger partial charge in [-0.1, -0.05) is 30.3 Å². The Hall–Kier alpha value is -2.24. The van der Waals surface area contributed by atoms with Crippen molar-refractivity contribution in [3.05, 3.63) is 42.0 Å². The molecule has 2 aromatic rings. The summed E-state index contributed by atoms with van der Waals surface area (Å²) in [6, 6.07) is 9.63. The van der Waals surface area contributed by atoms with Gasteiger partial charge in [0, 0.05) is 5.39 Å². The van der Waals surface area contributed by atoms with Gasteiger partial charge in [0.1, 0.15) is 5.75 Å². The topological polar surface area (TPSA) is 52.3 Å². The van der Waals surface area contributed by atoms with E-state index in [9.17, 15) is 18.0 Å². The molecule has 0 fully saturated rings. The van der Waals surface area contributed by atoms with E-state index >= 15 is 0 Å². The molecular formula is C13H10F3NO2. The molecule has 0 aliphatic carbocycles. The SMILES string of the molecule is NC(=O)c1ccc2ccccc2c1OCC(F)(F)F. The molecule has 100 valence electrons. The van der Waals surface area contributed by atoms with Gasteiger partial charge in [-0.25, -0.2) is 0 Å². The van der Waals surface area contributed by atoms with E-state index < -0.39 is 18.7 Å². The van der Waals surface area contributed by atoms with Crippen LogP contribution in [0, 0.1) is 0 Å². The first-order valence-corrected chi connectivity index (χ1v) is 5.39. The first-order valence-electron chi connectivity index (χ1n) is 5.39. The minimum Gasteiger partial charge on any atom is -0.483 e.